The highest BCUT2D eigenvalue weighted by Crippen LogP contribution is 2.23. The van der Waals surface area contributed by atoms with Crippen LogP contribution >= 0.6 is 23.2 Å². The summed E-state index contributed by atoms with van der Waals surface area (Å²) in [6.07, 6.45) is 3.37. The van der Waals surface area contributed by atoms with Crippen molar-refractivity contribution in [2.75, 3.05) is 42.6 Å². The van der Waals surface area contributed by atoms with Gasteiger partial charge in [-0.3, -0.25) is 4.79 Å². The quantitative estimate of drug-likeness (QED) is 0.790. The molecule has 1 aromatic carbocycles. The number of benzene rings is 1. The number of halogens is 2. The normalized spacial score (nSPS) is 16.9. The van der Waals surface area contributed by atoms with Crippen molar-refractivity contribution in [2.24, 2.45) is 0 Å². The summed E-state index contributed by atoms with van der Waals surface area (Å²) in [4.78, 5) is 24.8. The van der Waals surface area contributed by atoms with Crippen LogP contribution in [-0.2, 0) is 4.79 Å². The molecule has 1 fully saturated rings. The van der Waals surface area contributed by atoms with E-state index in [1.807, 2.05) is 11.9 Å². The summed E-state index contributed by atoms with van der Waals surface area (Å²) in [6, 6.07) is 7.06. The van der Waals surface area contributed by atoms with E-state index in [9.17, 15) is 4.79 Å². The van der Waals surface area contributed by atoms with Crippen LogP contribution < -0.4 is 16.0 Å². The Kier molecular flexibility index (Phi) is 6.23. The molecule has 1 amide bonds. The predicted molar refractivity (Wildman–Crippen MR) is 109 cm³/mol. The maximum atomic E-state index is 12.6. The second kappa shape index (κ2) is 8.63. The third-order valence-electron chi connectivity index (χ3n) is 4.64. The number of likely N-dealkylation sites (N-methyl/N-ethyl adjacent to an activating group) is 1. The number of carbonyl (C=O) groups excluding carboxylic acids is 1. The number of nitrogens with one attached hydrogen (secondary N) is 1. The number of carbonyl (C=O) groups is 1. The van der Waals surface area contributed by atoms with Gasteiger partial charge in [-0.2, -0.15) is 0 Å². The number of amides is 1. The van der Waals surface area contributed by atoms with E-state index in [1.54, 1.807) is 24.3 Å². The molecule has 0 saturated carbocycles. The van der Waals surface area contributed by atoms with Gasteiger partial charge in [0.1, 0.15) is 18.0 Å². The van der Waals surface area contributed by atoms with Gasteiger partial charge in [0, 0.05) is 48.0 Å². The molecule has 3 rings (SSSR count). The average molecular weight is 409 g/mol. The lowest BCUT2D eigenvalue weighted by molar-refractivity contribution is -0.130. The molecular weight excluding hydrogens is 387 g/mol. The van der Waals surface area contributed by atoms with E-state index in [1.165, 1.54) is 6.33 Å². The molecule has 2 aromatic rings. The number of aromatic nitrogens is 2. The van der Waals surface area contributed by atoms with Gasteiger partial charge in [-0.25, -0.2) is 9.97 Å². The monoisotopic (exact) mass is 408 g/mol. The lowest BCUT2D eigenvalue weighted by Crippen LogP contribution is -2.50. The second-order valence-electron chi connectivity index (χ2n) is 6.56. The molecule has 1 atom stereocenters. The first-order valence-electron chi connectivity index (χ1n) is 8.70. The Morgan fingerprint density at radius 2 is 2.04 bits per heavy atom. The highest BCUT2D eigenvalue weighted by atomic mass is 35.5. The number of hydrogen-bond acceptors (Lipinski definition) is 6. The summed E-state index contributed by atoms with van der Waals surface area (Å²) in [6.45, 7) is 1.57. The molecule has 1 saturated heterocycles. The Labute approximate surface area is 168 Å². The Morgan fingerprint density at radius 3 is 2.74 bits per heavy atom. The Balaban J connectivity index is 1.59. The molecule has 0 bridgehead atoms. The van der Waals surface area contributed by atoms with Crippen molar-refractivity contribution in [3.63, 3.8) is 0 Å². The molecule has 1 aliphatic heterocycles. The summed E-state index contributed by atoms with van der Waals surface area (Å²) in [5.41, 5.74) is 6.47. The summed E-state index contributed by atoms with van der Waals surface area (Å²) in [5, 5.41) is 4.15. The molecule has 0 unspecified atom stereocenters. The molecule has 7 nitrogen and oxygen atoms in total. The van der Waals surface area contributed by atoms with Gasteiger partial charge in [0.2, 0.25) is 5.91 Å². The van der Waals surface area contributed by atoms with Crippen LogP contribution in [0.1, 0.15) is 12.8 Å². The third-order valence-corrected chi connectivity index (χ3v) is 5.07. The largest absolute Gasteiger partial charge is 0.384 e. The van der Waals surface area contributed by atoms with Gasteiger partial charge >= 0.3 is 0 Å². The van der Waals surface area contributed by atoms with Crippen LogP contribution in [0.3, 0.4) is 0 Å². The van der Waals surface area contributed by atoms with Crippen molar-refractivity contribution in [3.05, 3.63) is 40.6 Å². The van der Waals surface area contributed by atoms with Crippen LogP contribution in [0.5, 0.6) is 0 Å². The molecule has 1 aromatic heterocycles. The van der Waals surface area contributed by atoms with E-state index in [0.29, 0.717) is 22.4 Å². The molecular formula is C18H22Cl2N6O. The Hall–Kier alpha value is -2.25. The van der Waals surface area contributed by atoms with Crippen LogP contribution in [0, 0.1) is 0 Å². The van der Waals surface area contributed by atoms with Gasteiger partial charge in [-0.15, -0.1) is 0 Å². The highest BCUT2D eigenvalue weighted by molar-refractivity contribution is 6.35. The van der Waals surface area contributed by atoms with E-state index in [0.717, 1.165) is 30.9 Å². The average Bonchev–Trinajstić information content (AvgIpc) is 2.65. The number of likely N-dealkylation sites (tertiary alicyclic amines) is 1. The molecule has 0 radical (unpaired) electrons. The first-order chi connectivity index (χ1) is 12.9. The third kappa shape index (κ3) is 5.14. The first-order valence-corrected chi connectivity index (χ1v) is 9.46. The van der Waals surface area contributed by atoms with Gasteiger partial charge in [0.25, 0.3) is 0 Å². The van der Waals surface area contributed by atoms with Crippen LogP contribution in [-0.4, -0.2) is 53.5 Å². The van der Waals surface area contributed by atoms with Crippen molar-refractivity contribution in [2.45, 2.75) is 18.9 Å². The zero-order chi connectivity index (χ0) is 19.4. The first kappa shape index (κ1) is 19.5. The van der Waals surface area contributed by atoms with E-state index < -0.39 is 0 Å². The van der Waals surface area contributed by atoms with Gasteiger partial charge < -0.3 is 20.9 Å². The number of nitrogens with two attached hydrogens (primary N) is 1. The zero-order valence-corrected chi connectivity index (χ0v) is 16.5. The lowest BCUT2D eigenvalue weighted by Gasteiger charge is -2.38. The van der Waals surface area contributed by atoms with Crippen LogP contribution in [0.4, 0.5) is 17.3 Å². The molecule has 27 heavy (non-hydrogen) atoms. The van der Waals surface area contributed by atoms with E-state index >= 15 is 0 Å². The maximum absolute atomic E-state index is 12.6. The molecule has 144 valence electrons. The molecule has 0 aliphatic carbocycles. The number of hydrogen-bond donors (Lipinski definition) is 2. The van der Waals surface area contributed by atoms with Crippen molar-refractivity contribution in [1.29, 1.82) is 0 Å². The summed E-state index contributed by atoms with van der Waals surface area (Å²) < 4.78 is 0. The molecule has 9 heteroatoms. The molecule has 0 spiro atoms. The fourth-order valence-electron chi connectivity index (χ4n) is 3.18. The second-order valence-corrected chi connectivity index (χ2v) is 7.43. The van der Waals surface area contributed by atoms with Crippen molar-refractivity contribution < 1.29 is 4.79 Å². The number of anilines is 3. The summed E-state index contributed by atoms with van der Waals surface area (Å²) >= 11 is 12.0. The summed E-state index contributed by atoms with van der Waals surface area (Å²) in [7, 11) is 1.96. The zero-order valence-electron chi connectivity index (χ0n) is 15.0. The Morgan fingerprint density at radius 1 is 1.30 bits per heavy atom. The van der Waals surface area contributed by atoms with E-state index in [4.69, 9.17) is 28.9 Å². The fraction of sp³-hybridized carbons (Fsp3) is 0.389. The number of piperidine rings is 1. The van der Waals surface area contributed by atoms with E-state index in [2.05, 4.69) is 20.2 Å². The van der Waals surface area contributed by atoms with Gasteiger partial charge in [0.05, 0.1) is 6.54 Å². The van der Waals surface area contributed by atoms with Crippen molar-refractivity contribution in [3.8, 4) is 0 Å². The van der Waals surface area contributed by atoms with Crippen LogP contribution in [0.25, 0.3) is 0 Å². The van der Waals surface area contributed by atoms with Gasteiger partial charge in [-0.1, -0.05) is 23.2 Å². The summed E-state index contributed by atoms with van der Waals surface area (Å²) in [5.74, 6) is 1.22. The molecule has 1 aliphatic rings. The number of nitrogen functional groups attached to an aromatic ring is 1. The van der Waals surface area contributed by atoms with E-state index in [-0.39, 0.29) is 18.5 Å². The Bertz CT molecular complexity index is 798. The minimum absolute atomic E-state index is 0.0337. The maximum Gasteiger partial charge on any atom is 0.241 e. The van der Waals surface area contributed by atoms with Crippen molar-refractivity contribution in [1.82, 2.24) is 14.9 Å². The van der Waals surface area contributed by atoms with Gasteiger partial charge in [-0.05, 0) is 31.0 Å². The number of rotatable bonds is 5. The topological polar surface area (TPSA) is 87.4 Å². The standard InChI is InChI=1S/C18H22Cl2N6O/c1-25(17-8-16(21)23-11-24-17)15-3-2-4-26(10-15)18(27)9-22-14-6-12(19)5-13(20)7-14/h5-8,11,15,22H,2-4,9-10H2,1H3,(H2,21,23,24)/t15-/m0/s1. The minimum Gasteiger partial charge on any atom is -0.384 e. The predicted octanol–water partition coefficient (Wildman–Crippen LogP) is 2.90. The molecule has 3 N–H and O–H groups in total. The minimum atomic E-state index is 0.0337. The fourth-order valence-corrected chi connectivity index (χ4v) is 3.71. The van der Waals surface area contributed by atoms with Crippen molar-refractivity contribution >= 4 is 46.4 Å². The highest BCUT2D eigenvalue weighted by Gasteiger charge is 2.27. The number of nitrogens with zero attached hydrogens (tertiary/aromatic N) is 4. The van der Waals surface area contributed by atoms with Crippen LogP contribution in [0.2, 0.25) is 10.0 Å². The lowest BCUT2D eigenvalue weighted by atomic mass is 10.0. The van der Waals surface area contributed by atoms with Gasteiger partial charge in [0.15, 0.2) is 0 Å². The van der Waals surface area contributed by atoms with Crippen LogP contribution in [0.15, 0.2) is 30.6 Å². The molecule has 2 heterocycles. The SMILES string of the molecule is CN(c1cc(N)ncn1)[C@H]1CCCN(C(=O)CNc2cc(Cl)cc(Cl)c2)C1. The smallest absolute Gasteiger partial charge is 0.241 e.